The lowest BCUT2D eigenvalue weighted by atomic mass is 10.0. The third-order valence-corrected chi connectivity index (χ3v) is 8.71. The number of carbonyl (C=O) groups is 3. The number of nitrogens with zero attached hydrogens (tertiary/aromatic N) is 1. The molecule has 0 rings (SSSR count). The highest BCUT2D eigenvalue weighted by molar-refractivity contribution is 5.67. The van der Waals surface area contributed by atoms with E-state index in [0.29, 0.717) is 43.4 Å². The fraction of sp³-hybridized carbons (Fsp3) is 0.861. The van der Waals surface area contributed by atoms with Gasteiger partial charge in [0.1, 0.15) is 0 Å². The van der Waals surface area contributed by atoms with Crippen LogP contribution in [0.15, 0.2) is 12.2 Å². The fourth-order valence-corrected chi connectivity index (χ4v) is 6.12. The second kappa shape index (κ2) is 30.1. The monoisotopic (exact) mass is 611 g/mol. The molecule has 0 spiro atoms. The summed E-state index contributed by atoms with van der Waals surface area (Å²) in [5, 5.41) is 27.3. The Kier molecular flexibility index (Phi) is 28.8. The summed E-state index contributed by atoms with van der Waals surface area (Å²) in [5.74, 6) is -2.47. The zero-order chi connectivity index (χ0) is 31.9. The first-order chi connectivity index (χ1) is 20.8. The third-order valence-electron chi connectivity index (χ3n) is 8.71. The molecule has 7 nitrogen and oxygen atoms in total. The molecule has 0 unspecified atom stereocenters. The number of hydrogen-bond acceptors (Lipinski definition) is 3. The molecule has 0 aromatic heterocycles. The SMILES string of the molecule is CCCCCCCCC/C=C/CCCCCCCCCCCCC[N+](CCCC(=O)O)(CCCC(=O)O)CCCC(=O)O. The highest BCUT2D eigenvalue weighted by Gasteiger charge is 2.27. The van der Waals surface area contributed by atoms with Crippen molar-refractivity contribution in [3.05, 3.63) is 12.2 Å². The van der Waals surface area contributed by atoms with E-state index in [1.807, 2.05) is 0 Å². The van der Waals surface area contributed by atoms with Gasteiger partial charge < -0.3 is 19.8 Å². The Bertz CT molecular complexity index is 658. The number of rotatable bonds is 34. The van der Waals surface area contributed by atoms with E-state index in [0.717, 1.165) is 19.4 Å². The molecule has 0 aliphatic rings. The zero-order valence-electron chi connectivity index (χ0n) is 27.9. The average molecular weight is 611 g/mol. The Morgan fingerprint density at radius 3 is 1.02 bits per heavy atom. The maximum atomic E-state index is 11.1. The molecule has 0 aliphatic carbocycles. The van der Waals surface area contributed by atoms with Gasteiger partial charge in [-0.15, -0.1) is 0 Å². The van der Waals surface area contributed by atoms with Crippen LogP contribution < -0.4 is 0 Å². The lowest BCUT2D eigenvalue weighted by molar-refractivity contribution is -0.929. The van der Waals surface area contributed by atoms with E-state index in [1.54, 1.807) is 0 Å². The summed E-state index contributed by atoms with van der Waals surface area (Å²) in [6.07, 6.45) is 32.6. The lowest BCUT2D eigenvalue weighted by Crippen LogP contribution is -2.51. The first-order valence-corrected chi connectivity index (χ1v) is 18.0. The van der Waals surface area contributed by atoms with Gasteiger partial charge in [-0.05, 0) is 38.5 Å². The quantitative estimate of drug-likeness (QED) is 0.0380. The van der Waals surface area contributed by atoms with E-state index in [1.165, 1.54) is 116 Å². The zero-order valence-corrected chi connectivity index (χ0v) is 27.9. The van der Waals surface area contributed by atoms with E-state index in [2.05, 4.69) is 19.1 Å². The Labute approximate surface area is 264 Å². The molecule has 0 heterocycles. The van der Waals surface area contributed by atoms with Crippen molar-refractivity contribution in [2.24, 2.45) is 0 Å². The molecular formula is C36H68NO6+. The summed E-state index contributed by atoms with van der Waals surface area (Å²) in [5.41, 5.74) is 0. The Hall–Kier alpha value is -1.89. The number of allylic oxidation sites excluding steroid dienone is 2. The molecule has 0 amide bonds. The van der Waals surface area contributed by atoms with Gasteiger partial charge in [-0.25, -0.2) is 0 Å². The summed E-state index contributed by atoms with van der Waals surface area (Å²) in [7, 11) is 0. The van der Waals surface area contributed by atoms with E-state index in [9.17, 15) is 14.4 Å². The van der Waals surface area contributed by atoms with Gasteiger partial charge in [-0.1, -0.05) is 109 Å². The lowest BCUT2D eigenvalue weighted by Gasteiger charge is -2.39. The predicted octanol–water partition coefficient (Wildman–Crippen LogP) is 9.78. The summed E-state index contributed by atoms with van der Waals surface area (Å²) in [6.45, 7) is 5.14. The minimum atomic E-state index is -0.823. The molecule has 0 radical (unpaired) electrons. The number of unbranched alkanes of at least 4 members (excludes halogenated alkanes) is 18. The van der Waals surface area contributed by atoms with Crippen LogP contribution in [0.2, 0.25) is 0 Å². The first kappa shape index (κ1) is 41.1. The van der Waals surface area contributed by atoms with E-state index in [4.69, 9.17) is 15.3 Å². The Morgan fingerprint density at radius 1 is 0.419 bits per heavy atom. The molecule has 0 saturated heterocycles. The van der Waals surface area contributed by atoms with Crippen molar-refractivity contribution < 1.29 is 34.2 Å². The van der Waals surface area contributed by atoms with Crippen LogP contribution >= 0.6 is 0 Å². The predicted molar refractivity (Wildman–Crippen MR) is 177 cm³/mol. The molecule has 0 aromatic rings. The van der Waals surface area contributed by atoms with Crippen molar-refractivity contribution in [1.29, 1.82) is 0 Å². The van der Waals surface area contributed by atoms with Crippen molar-refractivity contribution in [1.82, 2.24) is 0 Å². The van der Waals surface area contributed by atoms with Gasteiger partial charge in [0.05, 0.1) is 45.4 Å². The van der Waals surface area contributed by atoms with Crippen LogP contribution in [-0.4, -0.2) is 63.9 Å². The minimum Gasteiger partial charge on any atom is -0.481 e. The van der Waals surface area contributed by atoms with Crippen LogP contribution in [0.3, 0.4) is 0 Å². The molecule has 0 aromatic carbocycles. The van der Waals surface area contributed by atoms with E-state index >= 15 is 0 Å². The van der Waals surface area contributed by atoms with E-state index in [-0.39, 0.29) is 19.3 Å². The maximum absolute atomic E-state index is 11.1. The number of quaternary nitrogens is 1. The molecular weight excluding hydrogens is 542 g/mol. The molecule has 3 N–H and O–H groups in total. The van der Waals surface area contributed by atoms with Gasteiger partial charge in [0, 0.05) is 19.3 Å². The van der Waals surface area contributed by atoms with Gasteiger partial charge in [0.15, 0.2) is 0 Å². The molecule has 0 saturated carbocycles. The molecule has 0 atom stereocenters. The smallest absolute Gasteiger partial charge is 0.303 e. The van der Waals surface area contributed by atoms with Gasteiger partial charge in [-0.2, -0.15) is 0 Å². The van der Waals surface area contributed by atoms with Crippen LogP contribution in [0.4, 0.5) is 0 Å². The highest BCUT2D eigenvalue weighted by Crippen LogP contribution is 2.19. The largest absolute Gasteiger partial charge is 0.481 e. The van der Waals surface area contributed by atoms with Crippen LogP contribution in [0, 0.1) is 0 Å². The van der Waals surface area contributed by atoms with Crippen LogP contribution in [-0.2, 0) is 14.4 Å². The highest BCUT2D eigenvalue weighted by atomic mass is 16.4. The van der Waals surface area contributed by atoms with Gasteiger partial charge in [-0.3, -0.25) is 14.4 Å². The number of carboxylic acids is 3. The summed E-state index contributed by atoms with van der Waals surface area (Å²) in [6, 6.07) is 0. The fourth-order valence-electron chi connectivity index (χ4n) is 6.12. The van der Waals surface area contributed by atoms with Crippen LogP contribution in [0.5, 0.6) is 0 Å². The summed E-state index contributed by atoms with van der Waals surface area (Å²) >= 11 is 0. The van der Waals surface area contributed by atoms with Gasteiger partial charge in [0.25, 0.3) is 0 Å². The van der Waals surface area contributed by atoms with E-state index < -0.39 is 17.9 Å². The third kappa shape index (κ3) is 29.9. The summed E-state index contributed by atoms with van der Waals surface area (Å²) < 4.78 is 0.642. The second-order valence-corrected chi connectivity index (χ2v) is 12.8. The Morgan fingerprint density at radius 2 is 0.698 bits per heavy atom. The van der Waals surface area contributed by atoms with Crippen molar-refractivity contribution in [3.8, 4) is 0 Å². The molecule has 0 fully saturated rings. The van der Waals surface area contributed by atoms with Crippen LogP contribution in [0.25, 0.3) is 0 Å². The second-order valence-electron chi connectivity index (χ2n) is 12.8. The molecule has 0 bridgehead atoms. The number of hydrogen-bond donors (Lipinski definition) is 3. The Balaban J connectivity index is 4.00. The van der Waals surface area contributed by atoms with Crippen molar-refractivity contribution in [2.45, 2.75) is 174 Å². The summed E-state index contributed by atoms with van der Waals surface area (Å²) in [4.78, 5) is 33.3. The number of carboxylic acid groups (broad SMARTS) is 3. The van der Waals surface area contributed by atoms with Crippen molar-refractivity contribution in [2.75, 3.05) is 26.2 Å². The van der Waals surface area contributed by atoms with Crippen molar-refractivity contribution in [3.63, 3.8) is 0 Å². The average Bonchev–Trinajstić information content (AvgIpc) is 2.95. The number of aliphatic carboxylic acids is 3. The maximum Gasteiger partial charge on any atom is 0.303 e. The molecule has 7 heteroatoms. The topological polar surface area (TPSA) is 112 Å². The van der Waals surface area contributed by atoms with Crippen LogP contribution in [0.1, 0.15) is 174 Å². The molecule has 252 valence electrons. The standard InChI is InChI=1S/C36H67NO6/c1-2-3-4-5-6-7-8-9-10-11-12-13-14-15-16-17-18-19-20-21-22-23-30-37(31-24-27-34(38)39,32-25-28-35(40)41)33-26-29-36(42)43/h10-11H,2-9,12-33H2,1H3,(H2-,38,39,40,41,42,43)/p+1/b11-10+. The minimum absolute atomic E-state index is 0.0915. The van der Waals surface area contributed by atoms with Gasteiger partial charge >= 0.3 is 17.9 Å². The normalized spacial score (nSPS) is 11.8. The first-order valence-electron chi connectivity index (χ1n) is 18.0. The van der Waals surface area contributed by atoms with Crippen molar-refractivity contribution >= 4 is 17.9 Å². The molecule has 0 aliphatic heterocycles. The van der Waals surface area contributed by atoms with Gasteiger partial charge in [0.2, 0.25) is 0 Å². The molecule has 43 heavy (non-hydrogen) atoms.